The van der Waals surface area contributed by atoms with E-state index in [1.807, 2.05) is 19.4 Å². The Bertz CT molecular complexity index is 741. The van der Waals surface area contributed by atoms with Crippen LogP contribution in [-0.4, -0.2) is 55.8 Å². The molecule has 1 aliphatic heterocycles. The van der Waals surface area contributed by atoms with Crippen LogP contribution >= 0.6 is 0 Å². The van der Waals surface area contributed by atoms with E-state index in [1.54, 1.807) is 7.11 Å². The van der Waals surface area contributed by atoms with Gasteiger partial charge in [0.1, 0.15) is 5.75 Å². The van der Waals surface area contributed by atoms with Gasteiger partial charge in [-0.3, -0.25) is 4.98 Å². The number of piperidine rings is 1. The van der Waals surface area contributed by atoms with Crippen molar-refractivity contribution in [3.63, 3.8) is 0 Å². The highest BCUT2D eigenvalue weighted by Crippen LogP contribution is 2.28. The number of aromatic nitrogens is 1. The third-order valence-corrected chi connectivity index (χ3v) is 6.27. The number of nitrogens with zero attached hydrogens (tertiary/aromatic N) is 3. The number of rotatable bonds is 9. The van der Waals surface area contributed by atoms with Crippen LogP contribution in [0.15, 0.2) is 42.7 Å². The van der Waals surface area contributed by atoms with Crippen molar-refractivity contribution in [3.8, 4) is 5.75 Å². The van der Waals surface area contributed by atoms with Crippen molar-refractivity contribution in [1.29, 1.82) is 0 Å². The van der Waals surface area contributed by atoms with Gasteiger partial charge in [-0.05, 0) is 88.2 Å². The molecular weight excluding hydrogens is 360 g/mol. The van der Waals surface area contributed by atoms with Gasteiger partial charge in [0.25, 0.3) is 0 Å². The van der Waals surface area contributed by atoms with Gasteiger partial charge in [-0.15, -0.1) is 0 Å². The first kappa shape index (κ1) is 21.6. The van der Waals surface area contributed by atoms with Crippen LogP contribution in [0.3, 0.4) is 0 Å². The quantitative estimate of drug-likeness (QED) is 0.697. The molecule has 1 N–H and O–H groups in total. The van der Waals surface area contributed by atoms with E-state index in [0.29, 0.717) is 12.1 Å². The summed E-state index contributed by atoms with van der Waals surface area (Å²) in [5, 5.41) is 3.28. The number of likely N-dealkylation sites (tertiary alicyclic amines) is 1. The van der Waals surface area contributed by atoms with Crippen LogP contribution in [0.25, 0.3) is 0 Å². The number of benzene rings is 1. The molecule has 2 heterocycles. The molecule has 1 fully saturated rings. The monoisotopic (exact) mass is 396 g/mol. The van der Waals surface area contributed by atoms with Gasteiger partial charge in [-0.25, -0.2) is 0 Å². The summed E-state index contributed by atoms with van der Waals surface area (Å²) < 4.78 is 5.36. The summed E-state index contributed by atoms with van der Waals surface area (Å²) in [6, 6.07) is 11.8. The minimum atomic E-state index is 0.538. The number of hydrogen-bond acceptors (Lipinski definition) is 5. The lowest BCUT2D eigenvalue weighted by Gasteiger charge is -2.42. The summed E-state index contributed by atoms with van der Waals surface area (Å²) in [5.41, 5.74) is 3.86. The van der Waals surface area contributed by atoms with Gasteiger partial charge in [-0.2, -0.15) is 0 Å². The van der Waals surface area contributed by atoms with Gasteiger partial charge >= 0.3 is 0 Å². The van der Waals surface area contributed by atoms with E-state index < -0.39 is 0 Å². The van der Waals surface area contributed by atoms with E-state index >= 15 is 0 Å². The van der Waals surface area contributed by atoms with Crippen molar-refractivity contribution in [2.75, 3.05) is 38.7 Å². The van der Waals surface area contributed by atoms with Crippen LogP contribution < -0.4 is 15.0 Å². The number of nitrogens with one attached hydrogen (secondary N) is 1. The lowest BCUT2D eigenvalue weighted by atomic mass is 9.99. The zero-order valence-electron chi connectivity index (χ0n) is 18.4. The summed E-state index contributed by atoms with van der Waals surface area (Å²) in [6.45, 7) is 8.83. The molecular formula is C24H36N4O. The normalized spacial score (nSPS) is 16.6. The molecule has 0 bridgehead atoms. The number of pyridine rings is 1. The molecule has 0 spiro atoms. The first-order chi connectivity index (χ1) is 14.1. The SMILES string of the molecule is CNCCC(C)N1CCC(N(Cc2cnccc2C)c2ccc(OC)cc2)CC1. The molecule has 0 aliphatic carbocycles. The highest BCUT2D eigenvalue weighted by molar-refractivity contribution is 5.51. The number of methoxy groups -OCH3 is 1. The lowest BCUT2D eigenvalue weighted by Crippen LogP contribution is -2.48. The van der Waals surface area contributed by atoms with Crippen molar-refractivity contribution in [2.45, 2.75) is 51.7 Å². The summed E-state index contributed by atoms with van der Waals surface area (Å²) in [7, 11) is 3.75. The molecule has 5 heteroatoms. The second kappa shape index (κ2) is 10.6. The Hall–Kier alpha value is -2.11. The standard InChI is InChI=1S/C24H36N4O/c1-19-9-14-26-17-21(19)18-28(22-5-7-24(29-4)8-6-22)23-11-15-27(16-12-23)20(2)10-13-25-3/h5-9,14,17,20,23,25H,10-13,15-16,18H2,1-4H3. The Balaban J connectivity index is 1.74. The Morgan fingerprint density at radius 3 is 2.55 bits per heavy atom. The zero-order valence-corrected chi connectivity index (χ0v) is 18.4. The van der Waals surface area contributed by atoms with E-state index in [4.69, 9.17) is 4.74 Å². The summed E-state index contributed by atoms with van der Waals surface area (Å²) in [4.78, 5) is 9.58. The maximum Gasteiger partial charge on any atom is 0.119 e. The number of aryl methyl sites for hydroxylation is 1. The molecule has 5 nitrogen and oxygen atoms in total. The first-order valence-electron chi connectivity index (χ1n) is 10.8. The molecule has 1 aliphatic rings. The fourth-order valence-corrected chi connectivity index (χ4v) is 4.22. The smallest absolute Gasteiger partial charge is 0.119 e. The van der Waals surface area contributed by atoms with Crippen molar-refractivity contribution in [3.05, 3.63) is 53.9 Å². The number of hydrogen-bond donors (Lipinski definition) is 1. The molecule has 2 aromatic rings. The molecule has 0 amide bonds. The molecule has 1 aromatic carbocycles. The van der Waals surface area contributed by atoms with Crippen molar-refractivity contribution in [2.24, 2.45) is 0 Å². The van der Waals surface area contributed by atoms with Crippen molar-refractivity contribution >= 4 is 5.69 Å². The minimum Gasteiger partial charge on any atom is -0.497 e. The molecule has 1 saturated heterocycles. The topological polar surface area (TPSA) is 40.6 Å². The molecule has 0 saturated carbocycles. The molecule has 1 atom stereocenters. The lowest BCUT2D eigenvalue weighted by molar-refractivity contribution is 0.153. The highest BCUT2D eigenvalue weighted by atomic mass is 16.5. The van der Waals surface area contributed by atoms with E-state index in [2.05, 4.69) is 64.3 Å². The van der Waals surface area contributed by atoms with Gasteiger partial charge in [0.2, 0.25) is 0 Å². The number of ether oxygens (including phenoxy) is 1. The first-order valence-corrected chi connectivity index (χ1v) is 10.8. The van der Waals surface area contributed by atoms with Crippen LogP contribution in [0, 0.1) is 6.92 Å². The fraction of sp³-hybridized carbons (Fsp3) is 0.542. The summed E-state index contributed by atoms with van der Waals surface area (Å²) in [5.74, 6) is 0.902. The third kappa shape index (κ3) is 5.71. The van der Waals surface area contributed by atoms with Gasteiger partial charge in [0.15, 0.2) is 0 Å². The van der Waals surface area contributed by atoms with E-state index in [0.717, 1.165) is 31.9 Å². The van der Waals surface area contributed by atoms with Gasteiger partial charge in [0, 0.05) is 49.8 Å². The summed E-state index contributed by atoms with van der Waals surface area (Å²) >= 11 is 0. The second-order valence-electron chi connectivity index (χ2n) is 8.14. The van der Waals surface area contributed by atoms with Gasteiger partial charge in [0.05, 0.1) is 7.11 Å². The minimum absolute atomic E-state index is 0.538. The van der Waals surface area contributed by atoms with E-state index in [9.17, 15) is 0 Å². The van der Waals surface area contributed by atoms with Crippen LogP contribution in [0.5, 0.6) is 5.75 Å². The average Bonchev–Trinajstić information content (AvgIpc) is 2.77. The molecule has 1 unspecified atom stereocenters. The molecule has 3 rings (SSSR count). The van der Waals surface area contributed by atoms with Crippen LogP contribution in [0.2, 0.25) is 0 Å². The molecule has 29 heavy (non-hydrogen) atoms. The Morgan fingerprint density at radius 1 is 1.21 bits per heavy atom. The van der Waals surface area contributed by atoms with Crippen LogP contribution in [0.4, 0.5) is 5.69 Å². The highest BCUT2D eigenvalue weighted by Gasteiger charge is 2.27. The van der Waals surface area contributed by atoms with Crippen LogP contribution in [-0.2, 0) is 6.54 Å². The molecule has 1 aromatic heterocycles. The van der Waals surface area contributed by atoms with Crippen molar-refractivity contribution < 1.29 is 4.74 Å². The second-order valence-corrected chi connectivity index (χ2v) is 8.14. The van der Waals surface area contributed by atoms with E-state index in [-0.39, 0.29) is 0 Å². The predicted octanol–water partition coefficient (Wildman–Crippen LogP) is 3.87. The molecule has 0 radical (unpaired) electrons. The summed E-state index contributed by atoms with van der Waals surface area (Å²) in [6.07, 6.45) is 7.48. The zero-order chi connectivity index (χ0) is 20.6. The van der Waals surface area contributed by atoms with Crippen molar-refractivity contribution in [1.82, 2.24) is 15.2 Å². The largest absolute Gasteiger partial charge is 0.497 e. The Kier molecular flexibility index (Phi) is 7.90. The predicted molar refractivity (Wildman–Crippen MR) is 121 cm³/mol. The van der Waals surface area contributed by atoms with Crippen LogP contribution in [0.1, 0.15) is 37.3 Å². The Labute approximate surface area is 176 Å². The van der Waals surface area contributed by atoms with Gasteiger partial charge in [-0.1, -0.05) is 0 Å². The third-order valence-electron chi connectivity index (χ3n) is 6.27. The maximum absolute atomic E-state index is 5.36. The molecule has 158 valence electrons. The van der Waals surface area contributed by atoms with E-state index in [1.165, 1.54) is 36.1 Å². The Morgan fingerprint density at radius 2 is 1.93 bits per heavy atom. The number of anilines is 1. The maximum atomic E-state index is 5.36. The fourth-order valence-electron chi connectivity index (χ4n) is 4.22. The van der Waals surface area contributed by atoms with Gasteiger partial charge < -0.3 is 19.9 Å². The average molecular weight is 397 g/mol.